The van der Waals surface area contributed by atoms with E-state index in [-0.39, 0.29) is 17.2 Å². The van der Waals surface area contributed by atoms with E-state index < -0.39 is 0 Å². The van der Waals surface area contributed by atoms with Crippen molar-refractivity contribution in [2.45, 2.75) is 12.1 Å². The lowest BCUT2D eigenvalue weighted by Crippen LogP contribution is -2.24. The normalized spacial score (nSPS) is 11.0. The van der Waals surface area contributed by atoms with Crippen LogP contribution in [0.4, 0.5) is 0 Å². The summed E-state index contributed by atoms with van der Waals surface area (Å²) in [5.41, 5.74) is 5.17. The Balaban J connectivity index is 1.54. The van der Waals surface area contributed by atoms with Gasteiger partial charge < -0.3 is 14.2 Å². The number of ether oxygens (including phenoxy) is 3. The molecular weight excluding hydrogens is 492 g/mol. The number of nitrogens with zero attached hydrogens (tertiary/aromatic N) is 3. The lowest BCUT2D eigenvalue weighted by atomic mass is 10.2. The molecule has 37 heavy (non-hydrogen) atoms. The monoisotopic (exact) mass is 518 g/mol. The van der Waals surface area contributed by atoms with Crippen LogP contribution in [0.15, 0.2) is 75.7 Å². The predicted molar refractivity (Wildman–Crippen MR) is 145 cm³/mol. The molecule has 0 aliphatic heterocycles. The number of hydrogen-bond acceptors (Lipinski definition) is 8. The van der Waals surface area contributed by atoms with Gasteiger partial charge in [-0.1, -0.05) is 42.1 Å². The number of amides is 1. The average Bonchev–Trinajstić information content (AvgIpc) is 2.92. The number of hydrogen-bond donors (Lipinski definition) is 1. The molecule has 0 spiro atoms. The van der Waals surface area contributed by atoms with E-state index in [0.717, 1.165) is 17.3 Å². The summed E-state index contributed by atoms with van der Waals surface area (Å²) in [4.78, 5) is 30.6. The van der Waals surface area contributed by atoms with Crippen LogP contribution >= 0.6 is 11.8 Å². The largest absolute Gasteiger partial charge is 0.493 e. The van der Waals surface area contributed by atoms with E-state index in [2.05, 4.69) is 15.5 Å². The summed E-state index contributed by atoms with van der Waals surface area (Å²) in [7, 11) is 4.57. The van der Waals surface area contributed by atoms with Gasteiger partial charge >= 0.3 is 0 Å². The quantitative estimate of drug-likeness (QED) is 0.155. The second-order valence-electron chi connectivity index (χ2n) is 7.88. The Kier molecular flexibility index (Phi) is 8.09. The summed E-state index contributed by atoms with van der Waals surface area (Å²) >= 11 is 1.16. The summed E-state index contributed by atoms with van der Waals surface area (Å²) in [6.07, 6.45) is 1.48. The zero-order valence-electron chi connectivity index (χ0n) is 20.8. The Morgan fingerprint density at radius 1 is 1.03 bits per heavy atom. The van der Waals surface area contributed by atoms with E-state index in [4.69, 9.17) is 14.2 Å². The third kappa shape index (κ3) is 5.59. The van der Waals surface area contributed by atoms with Crippen LogP contribution in [0.2, 0.25) is 0 Å². The van der Waals surface area contributed by atoms with Crippen molar-refractivity contribution in [1.82, 2.24) is 15.0 Å². The Labute approximate surface area is 218 Å². The maximum absolute atomic E-state index is 13.4. The highest BCUT2D eigenvalue weighted by Crippen LogP contribution is 2.37. The van der Waals surface area contributed by atoms with Crippen molar-refractivity contribution >= 4 is 34.8 Å². The van der Waals surface area contributed by atoms with Gasteiger partial charge in [0.05, 0.1) is 49.9 Å². The first-order valence-corrected chi connectivity index (χ1v) is 12.3. The Morgan fingerprint density at radius 2 is 1.70 bits per heavy atom. The number of carbonyl (C=O) groups is 1. The molecule has 0 aliphatic carbocycles. The molecule has 1 N–H and O–H groups in total. The number of thioether (sulfide) groups is 1. The number of nitrogens with one attached hydrogen (secondary N) is 1. The van der Waals surface area contributed by atoms with E-state index in [1.807, 2.05) is 37.3 Å². The number of fused-ring (bicyclic) bond motifs is 1. The highest BCUT2D eigenvalue weighted by molar-refractivity contribution is 7.99. The molecule has 0 atom stereocenters. The van der Waals surface area contributed by atoms with E-state index in [1.165, 1.54) is 27.5 Å². The van der Waals surface area contributed by atoms with E-state index >= 15 is 0 Å². The molecule has 1 aromatic heterocycles. The van der Waals surface area contributed by atoms with Gasteiger partial charge in [0, 0.05) is 5.56 Å². The van der Waals surface area contributed by atoms with Crippen molar-refractivity contribution in [1.29, 1.82) is 0 Å². The van der Waals surface area contributed by atoms with Gasteiger partial charge in [0.25, 0.3) is 11.5 Å². The van der Waals surface area contributed by atoms with Crippen LogP contribution in [-0.4, -0.2) is 48.8 Å². The number of para-hydroxylation sites is 2. The van der Waals surface area contributed by atoms with Gasteiger partial charge in [-0.25, -0.2) is 10.4 Å². The van der Waals surface area contributed by atoms with E-state index in [1.54, 1.807) is 34.9 Å². The topological polar surface area (TPSA) is 104 Å². The zero-order chi connectivity index (χ0) is 26.4. The minimum atomic E-state index is -0.354. The molecule has 10 heteroatoms. The molecule has 1 amide bonds. The molecular formula is C27H26N4O5S. The average molecular weight is 519 g/mol. The molecule has 1 heterocycles. The number of hydrazone groups is 1. The van der Waals surface area contributed by atoms with Crippen LogP contribution in [-0.2, 0) is 4.79 Å². The summed E-state index contributed by atoms with van der Waals surface area (Å²) in [5, 5.41) is 4.97. The lowest BCUT2D eigenvalue weighted by Gasteiger charge is -2.14. The highest BCUT2D eigenvalue weighted by Gasteiger charge is 2.16. The fraction of sp³-hybridized carbons (Fsp3) is 0.185. The predicted octanol–water partition coefficient (Wildman–Crippen LogP) is 3.96. The third-order valence-electron chi connectivity index (χ3n) is 5.52. The maximum atomic E-state index is 13.4. The molecule has 0 unspecified atom stereocenters. The first-order chi connectivity index (χ1) is 18.0. The van der Waals surface area contributed by atoms with Gasteiger partial charge in [-0.2, -0.15) is 5.10 Å². The molecule has 0 saturated heterocycles. The first kappa shape index (κ1) is 25.8. The van der Waals surface area contributed by atoms with Crippen molar-refractivity contribution in [3.05, 3.63) is 82.1 Å². The Bertz CT molecular complexity index is 1510. The molecule has 9 nitrogen and oxygen atoms in total. The summed E-state index contributed by atoms with van der Waals surface area (Å²) < 4.78 is 17.5. The molecule has 4 rings (SSSR count). The van der Waals surface area contributed by atoms with Gasteiger partial charge in [-0.05, 0) is 42.8 Å². The Morgan fingerprint density at radius 3 is 2.38 bits per heavy atom. The summed E-state index contributed by atoms with van der Waals surface area (Å²) in [6, 6.07) is 18.1. The van der Waals surface area contributed by atoms with Crippen LogP contribution in [0.1, 0.15) is 11.1 Å². The van der Waals surface area contributed by atoms with Crippen molar-refractivity contribution < 1.29 is 19.0 Å². The molecule has 4 aromatic rings. The van der Waals surface area contributed by atoms with Gasteiger partial charge in [0.15, 0.2) is 16.7 Å². The van der Waals surface area contributed by atoms with Crippen LogP contribution < -0.4 is 25.2 Å². The van der Waals surface area contributed by atoms with E-state index in [0.29, 0.717) is 44.6 Å². The summed E-state index contributed by atoms with van der Waals surface area (Å²) in [5.74, 6) is 1.06. The standard InChI is InChI=1S/C27H26N4O5S/c1-17-9-5-8-12-21(17)31-26(33)19-10-6-7-11-20(19)29-27(31)37-16-24(32)30-28-15-18-13-22(34-2)25(36-4)23(14-18)35-3/h5-15H,16H2,1-4H3,(H,30,32). The minimum absolute atomic E-state index is 0.00323. The zero-order valence-corrected chi connectivity index (χ0v) is 21.7. The number of benzene rings is 3. The maximum Gasteiger partial charge on any atom is 0.266 e. The highest BCUT2D eigenvalue weighted by atomic mass is 32.2. The SMILES string of the molecule is COc1cc(C=NNC(=O)CSc2nc3ccccc3c(=O)n2-c2ccccc2C)cc(OC)c1OC. The number of aryl methyl sites for hydroxylation is 1. The van der Waals surface area contributed by atoms with Crippen LogP contribution in [0.5, 0.6) is 17.2 Å². The molecule has 0 fully saturated rings. The van der Waals surface area contributed by atoms with Crippen molar-refractivity contribution in [2.75, 3.05) is 27.1 Å². The number of rotatable bonds is 9. The molecule has 0 bridgehead atoms. The minimum Gasteiger partial charge on any atom is -0.493 e. The van der Waals surface area contributed by atoms with Gasteiger partial charge in [-0.3, -0.25) is 14.2 Å². The van der Waals surface area contributed by atoms with Gasteiger partial charge in [0.1, 0.15) is 0 Å². The van der Waals surface area contributed by atoms with Crippen molar-refractivity contribution in [2.24, 2.45) is 5.10 Å². The second-order valence-corrected chi connectivity index (χ2v) is 8.82. The smallest absolute Gasteiger partial charge is 0.266 e. The number of aromatic nitrogens is 2. The van der Waals surface area contributed by atoms with Crippen molar-refractivity contribution in [3.8, 4) is 22.9 Å². The van der Waals surface area contributed by atoms with Gasteiger partial charge in [-0.15, -0.1) is 0 Å². The first-order valence-electron chi connectivity index (χ1n) is 11.3. The van der Waals surface area contributed by atoms with Crippen LogP contribution in [0, 0.1) is 6.92 Å². The van der Waals surface area contributed by atoms with Crippen LogP contribution in [0.3, 0.4) is 0 Å². The van der Waals surface area contributed by atoms with Gasteiger partial charge in [0.2, 0.25) is 5.75 Å². The number of carbonyl (C=O) groups excluding carboxylic acids is 1. The molecule has 3 aromatic carbocycles. The molecule has 0 radical (unpaired) electrons. The lowest BCUT2D eigenvalue weighted by molar-refractivity contribution is -0.118. The third-order valence-corrected chi connectivity index (χ3v) is 6.46. The fourth-order valence-corrected chi connectivity index (χ4v) is 4.55. The summed E-state index contributed by atoms with van der Waals surface area (Å²) in [6.45, 7) is 1.93. The fourth-order valence-electron chi connectivity index (χ4n) is 3.75. The molecule has 0 saturated carbocycles. The molecule has 0 aliphatic rings. The second kappa shape index (κ2) is 11.6. The Hall–Kier alpha value is -4.31. The molecule has 190 valence electrons. The number of methoxy groups -OCH3 is 3. The van der Waals surface area contributed by atoms with E-state index in [9.17, 15) is 9.59 Å². The van der Waals surface area contributed by atoms with Crippen LogP contribution in [0.25, 0.3) is 16.6 Å². The van der Waals surface area contributed by atoms with Crippen molar-refractivity contribution in [3.63, 3.8) is 0 Å².